The Morgan fingerprint density at radius 2 is 2.24 bits per heavy atom. The van der Waals surface area contributed by atoms with Crippen LogP contribution in [-0.4, -0.2) is 44.8 Å². The van der Waals surface area contributed by atoms with Crippen molar-refractivity contribution in [3.63, 3.8) is 0 Å². The molecule has 0 amide bonds. The highest BCUT2D eigenvalue weighted by molar-refractivity contribution is 4.92. The number of aryl methyl sites for hydroxylation is 1. The van der Waals surface area contributed by atoms with Gasteiger partial charge in [-0.1, -0.05) is 0 Å². The molecule has 3 rings (SSSR count). The molecule has 1 saturated heterocycles. The van der Waals surface area contributed by atoms with Crippen LogP contribution in [-0.2, 0) is 13.1 Å². The molecule has 0 bridgehead atoms. The van der Waals surface area contributed by atoms with Crippen molar-refractivity contribution in [1.82, 2.24) is 25.0 Å². The van der Waals surface area contributed by atoms with Gasteiger partial charge in [-0.3, -0.25) is 4.90 Å². The van der Waals surface area contributed by atoms with Gasteiger partial charge in [-0.2, -0.15) is 0 Å². The summed E-state index contributed by atoms with van der Waals surface area (Å²) in [5, 5.41) is 11.9. The minimum absolute atomic E-state index is 0.695. The number of hydrogen-bond donors (Lipinski definition) is 1. The van der Waals surface area contributed by atoms with Crippen molar-refractivity contribution in [2.45, 2.75) is 51.4 Å². The smallest absolute Gasteiger partial charge is 0.146 e. The van der Waals surface area contributed by atoms with Crippen molar-refractivity contribution in [3.05, 3.63) is 12.2 Å². The van der Waals surface area contributed by atoms with Crippen LogP contribution in [0.4, 0.5) is 0 Å². The zero-order valence-corrected chi connectivity index (χ0v) is 10.5. The second kappa shape index (κ2) is 4.74. The first-order valence-corrected chi connectivity index (χ1v) is 6.70. The minimum Gasteiger partial charge on any atom is -0.317 e. The summed E-state index contributed by atoms with van der Waals surface area (Å²) in [5.41, 5.74) is 0. The molecule has 1 unspecified atom stereocenters. The largest absolute Gasteiger partial charge is 0.317 e. The summed E-state index contributed by atoms with van der Waals surface area (Å²) < 4.78 is 2.13. The third-order valence-corrected chi connectivity index (χ3v) is 3.72. The molecular weight excluding hydrogens is 214 g/mol. The van der Waals surface area contributed by atoms with E-state index in [1.165, 1.54) is 25.8 Å². The molecule has 1 atom stereocenters. The summed E-state index contributed by atoms with van der Waals surface area (Å²) in [7, 11) is 0. The minimum atomic E-state index is 0.695. The SMILES string of the molecule is CCn1cnnc1CN1CCC(NC2CC2)C1. The molecule has 1 aromatic rings. The number of nitrogens with zero attached hydrogens (tertiary/aromatic N) is 4. The highest BCUT2D eigenvalue weighted by Gasteiger charge is 2.29. The molecule has 2 heterocycles. The Morgan fingerprint density at radius 3 is 3.00 bits per heavy atom. The van der Waals surface area contributed by atoms with E-state index in [1.807, 2.05) is 6.33 Å². The molecule has 0 aromatic carbocycles. The summed E-state index contributed by atoms with van der Waals surface area (Å²) >= 11 is 0. The lowest BCUT2D eigenvalue weighted by Crippen LogP contribution is -2.34. The predicted molar refractivity (Wildman–Crippen MR) is 65.5 cm³/mol. The van der Waals surface area contributed by atoms with Crippen LogP contribution in [0.3, 0.4) is 0 Å². The third-order valence-electron chi connectivity index (χ3n) is 3.72. The highest BCUT2D eigenvalue weighted by atomic mass is 15.3. The Balaban J connectivity index is 1.52. The van der Waals surface area contributed by atoms with Gasteiger partial charge < -0.3 is 9.88 Å². The number of aromatic nitrogens is 3. The zero-order valence-electron chi connectivity index (χ0n) is 10.5. The van der Waals surface area contributed by atoms with Gasteiger partial charge in [0.15, 0.2) is 0 Å². The van der Waals surface area contributed by atoms with Crippen molar-refractivity contribution in [2.75, 3.05) is 13.1 Å². The molecule has 17 heavy (non-hydrogen) atoms. The van der Waals surface area contributed by atoms with Crippen molar-refractivity contribution in [3.8, 4) is 0 Å². The fourth-order valence-electron chi connectivity index (χ4n) is 2.56. The number of likely N-dealkylation sites (tertiary alicyclic amines) is 1. The summed E-state index contributed by atoms with van der Waals surface area (Å²) in [6.07, 6.45) is 5.85. The van der Waals surface area contributed by atoms with E-state index in [9.17, 15) is 0 Å². The van der Waals surface area contributed by atoms with E-state index in [2.05, 4.69) is 31.9 Å². The van der Waals surface area contributed by atoms with Crippen LogP contribution in [0.5, 0.6) is 0 Å². The van der Waals surface area contributed by atoms with Gasteiger partial charge in [0.2, 0.25) is 0 Å². The summed E-state index contributed by atoms with van der Waals surface area (Å²) in [5.74, 6) is 1.10. The van der Waals surface area contributed by atoms with Crippen molar-refractivity contribution < 1.29 is 0 Å². The normalized spacial score (nSPS) is 25.6. The Labute approximate surface area is 102 Å². The molecular formula is C12H21N5. The van der Waals surface area contributed by atoms with Crippen LogP contribution in [0.15, 0.2) is 6.33 Å². The lowest BCUT2D eigenvalue weighted by Gasteiger charge is -2.16. The van der Waals surface area contributed by atoms with Gasteiger partial charge in [0, 0.05) is 31.7 Å². The number of hydrogen-bond acceptors (Lipinski definition) is 4. The molecule has 94 valence electrons. The Hall–Kier alpha value is -0.940. The third kappa shape index (κ3) is 2.66. The van der Waals surface area contributed by atoms with Gasteiger partial charge >= 0.3 is 0 Å². The number of nitrogens with one attached hydrogen (secondary N) is 1. The van der Waals surface area contributed by atoms with Crippen molar-refractivity contribution in [1.29, 1.82) is 0 Å². The van der Waals surface area contributed by atoms with Gasteiger partial charge in [-0.25, -0.2) is 0 Å². The standard InChI is InChI=1S/C12H21N5/c1-2-17-9-13-15-12(17)8-16-6-5-11(7-16)14-10-3-4-10/h9-11,14H,2-8H2,1H3. The Kier molecular flexibility index (Phi) is 3.11. The molecule has 0 spiro atoms. The molecule has 1 aliphatic carbocycles. The van der Waals surface area contributed by atoms with Crippen LogP contribution >= 0.6 is 0 Å². The quantitative estimate of drug-likeness (QED) is 0.813. The van der Waals surface area contributed by atoms with Crippen molar-refractivity contribution >= 4 is 0 Å². The molecule has 2 fully saturated rings. The van der Waals surface area contributed by atoms with Gasteiger partial charge in [0.1, 0.15) is 12.2 Å². The van der Waals surface area contributed by atoms with Crippen LogP contribution in [0.1, 0.15) is 32.0 Å². The lowest BCUT2D eigenvalue weighted by molar-refractivity contribution is 0.306. The van der Waals surface area contributed by atoms with E-state index in [-0.39, 0.29) is 0 Å². The molecule has 1 aliphatic heterocycles. The fraction of sp³-hybridized carbons (Fsp3) is 0.833. The first-order valence-electron chi connectivity index (χ1n) is 6.70. The maximum Gasteiger partial charge on any atom is 0.146 e. The fourth-order valence-corrected chi connectivity index (χ4v) is 2.56. The van der Waals surface area contributed by atoms with Crippen molar-refractivity contribution in [2.24, 2.45) is 0 Å². The average molecular weight is 235 g/mol. The Morgan fingerprint density at radius 1 is 1.35 bits per heavy atom. The maximum absolute atomic E-state index is 4.20. The molecule has 2 aliphatic rings. The molecule has 5 nitrogen and oxygen atoms in total. The van der Waals surface area contributed by atoms with Crippen LogP contribution in [0, 0.1) is 0 Å². The number of rotatable bonds is 5. The summed E-state index contributed by atoms with van der Waals surface area (Å²) in [4.78, 5) is 2.48. The molecule has 1 N–H and O–H groups in total. The lowest BCUT2D eigenvalue weighted by atomic mass is 10.2. The second-order valence-electron chi connectivity index (χ2n) is 5.19. The molecule has 1 aromatic heterocycles. The van der Waals surface area contributed by atoms with Crippen LogP contribution in [0.2, 0.25) is 0 Å². The predicted octanol–water partition coefficient (Wildman–Crippen LogP) is 0.624. The zero-order chi connectivity index (χ0) is 11.7. The van der Waals surface area contributed by atoms with Gasteiger partial charge in [0.25, 0.3) is 0 Å². The maximum atomic E-state index is 4.20. The van der Waals surface area contributed by atoms with Crippen LogP contribution < -0.4 is 5.32 Å². The first kappa shape index (κ1) is 11.2. The van der Waals surface area contributed by atoms with Crippen LogP contribution in [0.25, 0.3) is 0 Å². The first-order chi connectivity index (χ1) is 8.35. The van der Waals surface area contributed by atoms with Gasteiger partial charge in [-0.15, -0.1) is 10.2 Å². The second-order valence-corrected chi connectivity index (χ2v) is 5.19. The molecule has 5 heteroatoms. The topological polar surface area (TPSA) is 46.0 Å². The average Bonchev–Trinajstić information content (AvgIpc) is 2.86. The van der Waals surface area contributed by atoms with Gasteiger partial charge in [0.05, 0.1) is 6.54 Å². The molecule has 0 radical (unpaired) electrons. The monoisotopic (exact) mass is 235 g/mol. The van der Waals surface area contributed by atoms with E-state index in [4.69, 9.17) is 0 Å². The van der Waals surface area contributed by atoms with E-state index in [0.717, 1.165) is 31.5 Å². The highest BCUT2D eigenvalue weighted by Crippen LogP contribution is 2.22. The summed E-state index contributed by atoms with van der Waals surface area (Å²) in [6, 6.07) is 1.51. The molecule has 1 saturated carbocycles. The summed E-state index contributed by atoms with van der Waals surface area (Å²) in [6.45, 7) is 6.37. The van der Waals surface area contributed by atoms with E-state index < -0.39 is 0 Å². The van der Waals surface area contributed by atoms with E-state index in [0.29, 0.717) is 6.04 Å². The van der Waals surface area contributed by atoms with E-state index in [1.54, 1.807) is 0 Å². The Bertz CT molecular complexity index is 371. The van der Waals surface area contributed by atoms with E-state index >= 15 is 0 Å². The van der Waals surface area contributed by atoms with Gasteiger partial charge in [-0.05, 0) is 26.2 Å².